The first kappa shape index (κ1) is 14.3. The molecule has 0 spiro atoms. The fraction of sp³-hybridized carbons (Fsp3) is 0.500. The molecule has 1 aromatic rings. The molecule has 2 atom stereocenters. The van der Waals surface area contributed by atoms with Gasteiger partial charge in [-0.2, -0.15) is 5.26 Å². The Morgan fingerprint density at radius 1 is 1.47 bits per heavy atom. The van der Waals surface area contributed by atoms with E-state index in [0.717, 1.165) is 24.0 Å². The van der Waals surface area contributed by atoms with Gasteiger partial charge in [0.05, 0.1) is 11.6 Å². The quantitative estimate of drug-likeness (QED) is 0.847. The van der Waals surface area contributed by atoms with Gasteiger partial charge in [0.1, 0.15) is 16.6 Å². The summed E-state index contributed by atoms with van der Waals surface area (Å²) in [6, 6.07) is 4.75. The number of nitrogens with one attached hydrogen (secondary N) is 1. The number of benzene rings is 1. The molecule has 0 saturated carbocycles. The largest absolute Gasteiger partial charge is 0.598 e. The third-order valence-corrected chi connectivity index (χ3v) is 4.84. The highest BCUT2D eigenvalue weighted by molar-refractivity contribution is 7.90. The summed E-state index contributed by atoms with van der Waals surface area (Å²) in [4.78, 5) is 0. The zero-order valence-electron chi connectivity index (χ0n) is 11.3. The van der Waals surface area contributed by atoms with Gasteiger partial charge in [-0.05, 0) is 56.9 Å². The minimum atomic E-state index is -1.19. The number of hydrogen-bond donors (Lipinski definition) is 1. The Balaban J connectivity index is 2.23. The molecule has 3 nitrogen and oxygen atoms in total. The second-order valence-electron chi connectivity index (χ2n) is 5.73. The molecule has 0 fully saturated rings. The molecule has 0 heterocycles. The third kappa shape index (κ3) is 2.92. The van der Waals surface area contributed by atoms with Gasteiger partial charge in [-0.25, -0.2) is 4.39 Å². The number of nitrogens with zero attached hydrogens (tertiary/aromatic N) is 1. The van der Waals surface area contributed by atoms with Crippen molar-refractivity contribution in [2.75, 3.05) is 0 Å². The van der Waals surface area contributed by atoms with Crippen LogP contribution in [-0.4, -0.2) is 9.30 Å². The molecule has 102 valence electrons. The lowest BCUT2D eigenvalue weighted by molar-refractivity contribution is 0.521. The number of hydrogen-bond acceptors (Lipinski definition) is 3. The molecule has 1 N–H and O–H groups in total. The SMILES string of the molecule is CC(C)(C)[S@@+]([O-])N[C@@H]1CCc2cc(C#N)c(F)cc21. The maximum Gasteiger partial charge on any atom is 0.141 e. The number of aryl methyl sites for hydroxylation is 1. The molecule has 1 aliphatic rings. The summed E-state index contributed by atoms with van der Waals surface area (Å²) in [6.07, 6.45) is 1.56. The lowest BCUT2D eigenvalue weighted by atomic mass is 10.1. The first-order valence-corrected chi connectivity index (χ1v) is 7.38. The molecule has 0 unspecified atom stereocenters. The molecule has 0 radical (unpaired) electrons. The average Bonchev–Trinajstić information content (AvgIpc) is 2.69. The molecular weight excluding hydrogens is 263 g/mol. The Labute approximate surface area is 116 Å². The minimum Gasteiger partial charge on any atom is -0.598 e. The zero-order chi connectivity index (χ0) is 14.2. The Morgan fingerprint density at radius 3 is 2.74 bits per heavy atom. The molecule has 0 aromatic heterocycles. The van der Waals surface area contributed by atoms with Crippen LogP contribution in [0.5, 0.6) is 0 Å². The van der Waals surface area contributed by atoms with E-state index in [2.05, 4.69) is 4.72 Å². The zero-order valence-corrected chi connectivity index (χ0v) is 12.1. The highest BCUT2D eigenvalue weighted by Crippen LogP contribution is 2.34. The minimum absolute atomic E-state index is 0.0799. The molecule has 5 heteroatoms. The molecule has 1 aromatic carbocycles. The van der Waals surface area contributed by atoms with Gasteiger partial charge in [0, 0.05) is 11.4 Å². The summed E-state index contributed by atoms with van der Waals surface area (Å²) >= 11 is -1.19. The van der Waals surface area contributed by atoms with Gasteiger partial charge in [0.15, 0.2) is 0 Å². The van der Waals surface area contributed by atoms with Crippen molar-refractivity contribution < 1.29 is 8.94 Å². The fourth-order valence-corrected chi connectivity index (χ4v) is 3.00. The summed E-state index contributed by atoms with van der Waals surface area (Å²) in [6.45, 7) is 5.68. The molecular formula is C14H17FN2OS. The van der Waals surface area contributed by atoms with E-state index < -0.39 is 17.2 Å². The first-order chi connectivity index (χ1) is 8.82. The Bertz CT molecular complexity index is 533. The predicted octanol–water partition coefficient (Wildman–Crippen LogP) is 2.74. The van der Waals surface area contributed by atoms with Gasteiger partial charge >= 0.3 is 0 Å². The van der Waals surface area contributed by atoms with Crippen LogP contribution in [0.1, 0.15) is 49.9 Å². The smallest absolute Gasteiger partial charge is 0.141 e. The monoisotopic (exact) mass is 280 g/mol. The summed E-state index contributed by atoms with van der Waals surface area (Å²) < 4.78 is 28.5. The second-order valence-corrected chi connectivity index (χ2v) is 7.73. The van der Waals surface area contributed by atoms with E-state index in [9.17, 15) is 8.94 Å². The number of rotatable bonds is 2. The van der Waals surface area contributed by atoms with Gasteiger partial charge in [0.25, 0.3) is 0 Å². The summed E-state index contributed by atoms with van der Waals surface area (Å²) in [5, 5.41) is 8.81. The van der Waals surface area contributed by atoms with E-state index in [1.807, 2.05) is 26.8 Å². The number of halogens is 1. The van der Waals surface area contributed by atoms with Gasteiger partial charge < -0.3 is 4.55 Å². The van der Waals surface area contributed by atoms with Crippen molar-refractivity contribution in [3.8, 4) is 6.07 Å². The highest BCUT2D eigenvalue weighted by atomic mass is 32.2. The van der Waals surface area contributed by atoms with Crippen LogP contribution in [0.15, 0.2) is 12.1 Å². The maximum atomic E-state index is 13.7. The van der Waals surface area contributed by atoms with Crippen LogP contribution >= 0.6 is 0 Å². The van der Waals surface area contributed by atoms with Crippen molar-refractivity contribution in [1.82, 2.24) is 4.72 Å². The van der Waals surface area contributed by atoms with Crippen LogP contribution in [0.2, 0.25) is 0 Å². The molecule has 19 heavy (non-hydrogen) atoms. The van der Waals surface area contributed by atoms with Crippen LogP contribution in [0.3, 0.4) is 0 Å². The van der Waals surface area contributed by atoms with Gasteiger partial charge in [0.2, 0.25) is 0 Å². The van der Waals surface area contributed by atoms with Crippen molar-refractivity contribution in [3.63, 3.8) is 0 Å². The normalized spacial score (nSPS) is 19.9. The predicted molar refractivity (Wildman–Crippen MR) is 73.2 cm³/mol. The van der Waals surface area contributed by atoms with Gasteiger partial charge in [-0.3, -0.25) is 0 Å². The fourth-order valence-electron chi connectivity index (χ4n) is 2.14. The highest BCUT2D eigenvalue weighted by Gasteiger charge is 2.33. The lowest BCUT2D eigenvalue weighted by Gasteiger charge is -2.26. The summed E-state index contributed by atoms with van der Waals surface area (Å²) in [5.74, 6) is -0.503. The van der Waals surface area contributed by atoms with Crippen molar-refractivity contribution in [3.05, 3.63) is 34.6 Å². The van der Waals surface area contributed by atoms with Crippen molar-refractivity contribution in [1.29, 1.82) is 5.26 Å². The topological polar surface area (TPSA) is 58.9 Å². The van der Waals surface area contributed by atoms with E-state index in [0.29, 0.717) is 0 Å². The summed E-state index contributed by atoms with van der Waals surface area (Å²) in [7, 11) is 0. The molecule has 0 amide bonds. The Morgan fingerprint density at radius 2 is 2.16 bits per heavy atom. The lowest BCUT2D eigenvalue weighted by Crippen LogP contribution is -2.40. The standard InChI is InChI=1S/C14H17FN2OS/c1-14(2,3)19(18)17-13-5-4-9-6-10(8-16)12(15)7-11(9)13/h6-7,13,17H,4-5H2,1-3H3/t13-,19-/m1/s1. The van der Waals surface area contributed by atoms with Crippen LogP contribution < -0.4 is 4.72 Å². The molecule has 2 rings (SSSR count). The number of fused-ring (bicyclic) bond motifs is 1. The first-order valence-electron chi connectivity index (χ1n) is 6.23. The van der Waals surface area contributed by atoms with E-state index in [4.69, 9.17) is 5.26 Å². The third-order valence-electron chi connectivity index (χ3n) is 3.23. The molecule has 0 bridgehead atoms. The van der Waals surface area contributed by atoms with Crippen LogP contribution in [-0.2, 0) is 17.8 Å². The summed E-state index contributed by atoms with van der Waals surface area (Å²) in [5.41, 5.74) is 1.88. The molecule has 0 aliphatic heterocycles. The van der Waals surface area contributed by atoms with E-state index >= 15 is 0 Å². The van der Waals surface area contributed by atoms with Crippen LogP contribution in [0.4, 0.5) is 4.39 Å². The van der Waals surface area contributed by atoms with Crippen molar-refractivity contribution in [2.45, 2.75) is 44.4 Å². The van der Waals surface area contributed by atoms with Crippen molar-refractivity contribution in [2.24, 2.45) is 0 Å². The van der Waals surface area contributed by atoms with Gasteiger partial charge in [-0.1, -0.05) is 0 Å². The van der Waals surface area contributed by atoms with Crippen LogP contribution in [0, 0.1) is 17.1 Å². The van der Waals surface area contributed by atoms with Crippen molar-refractivity contribution >= 4 is 11.4 Å². The second kappa shape index (κ2) is 5.12. The molecule has 0 saturated heterocycles. The average molecular weight is 280 g/mol. The molecule has 1 aliphatic carbocycles. The Kier molecular flexibility index (Phi) is 3.86. The maximum absolute atomic E-state index is 13.7. The van der Waals surface area contributed by atoms with Gasteiger partial charge in [-0.15, -0.1) is 4.72 Å². The number of nitriles is 1. The van der Waals surface area contributed by atoms with E-state index in [1.54, 1.807) is 6.07 Å². The van der Waals surface area contributed by atoms with E-state index in [-0.39, 0.29) is 16.4 Å². The van der Waals surface area contributed by atoms with E-state index in [1.165, 1.54) is 6.07 Å². The van der Waals surface area contributed by atoms with Crippen LogP contribution in [0.25, 0.3) is 0 Å². The Hall–Kier alpha value is -1.09.